The molecular weight excluding hydrogens is 376 g/mol. The number of hydrogen-bond acceptors (Lipinski definition) is 4. The van der Waals surface area contributed by atoms with Gasteiger partial charge in [0, 0.05) is 5.56 Å². The molecule has 2 aromatic heterocycles. The summed E-state index contributed by atoms with van der Waals surface area (Å²) in [6.07, 6.45) is -0.986. The molecule has 90 valence electrons. The van der Waals surface area contributed by atoms with Gasteiger partial charge in [-0.2, -0.15) is 0 Å². The second-order valence-electron chi connectivity index (χ2n) is 3.19. The molecule has 0 amide bonds. The third-order valence-corrected chi connectivity index (χ3v) is 4.47. The summed E-state index contributed by atoms with van der Waals surface area (Å²) in [5.41, 5.74) is 0.633. The minimum Gasteiger partial charge on any atom is -0.475 e. The Hall–Kier alpha value is -0.630. The number of carboxylic acids is 1. The number of hydrogen-bond donors (Lipinski definition) is 2. The summed E-state index contributed by atoms with van der Waals surface area (Å²) in [6, 6.07) is 4.52. The largest absolute Gasteiger partial charge is 0.475 e. The van der Waals surface area contributed by atoms with Crippen molar-refractivity contribution >= 4 is 49.2 Å². The average molecular weight is 382 g/mol. The smallest absolute Gasteiger partial charge is 0.371 e. The van der Waals surface area contributed by atoms with E-state index in [0.717, 1.165) is 7.57 Å². The predicted molar refractivity (Wildman–Crippen MR) is 69.4 cm³/mol. The van der Waals surface area contributed by atoms with E-state index in [4.69, 9.17) is 9.52 Å². The molecule has 2 heterocycles. The van der Waals surface area contributed by atoms with E-state index < -0.39 is 12.1 Å². The van der Waals surface area contributed by atoms with Crippen LogP contribution in [0, 0.1) is 0 Å². The first-order chi connectivity index (χ1) is 7.99. The zero-order valence-electron chi connectivity index (χ0n) is 8.18. The fourth-order valence-corrected chi connectivity index (χ4v) is 4.19. The SMILES string of the molecule is O=C(O)c1ccc(C(O)c2cc(Br)sc2Br)o1. The number of carbonyl (C=O) groups is 1. The van der Waals surface area contributed by atoms with Gasteiger partial charge >= 0.3 is 5.97 Å². The Bertz CT molecular complexity index is 560. The van der Waals surface area contributed by atoms with Gasteiger partial charge < -0.3 is 14.6 Å². The molecule has 0 saturated heterocycles. The van der Waals surface area contributed by atoms with Crippen molar-refractivity contribution in [2.75, 3.05) is 0 Å². The molecule has 0 spiro atoms. The van der Waals surface area contributed by atoms with Gasteiger partial charge in [0.25, 0.3) is 0 Å². The normalized spacial score (nSPS) is 12.6. The highest BCUT2D eigenvalue weighted by molar-refractivity contribution is 9.12. The van der Waals surface area contributed by atoms with Gasteiger partial charge in [0.1, 0.15) is 11.9 Å². The lowest BCUT2D eigenvalue weighted by atomic mass is 10.1. The van der Waals surface area contributed by atoms with Crippen LogP contribution in [0.5, 0.6) is 0 Å². The fourth-order valence-electron chi connectivity index (χ4n) is 1.31. The van der Waals surface area contributed by atoms with Gasteiger partial charge in [-0.1, -0.05) is 0 Å². The van der Waals surface area contributed by atoms with Crippen LogP contribution in [-0.4, -0.2) is 16.2 Å². The Morgan fingerprint density at radius 2 is 2.12 bits per heavy atom. The van der Waals surface area contributed by atoms with Gasteiger partial charge in [-0.25, -0.2) is 4.79 Å². The highest BCUT2D eigenvalue weighted by Crippen LogP contribution is 2.38. The van der Waals surface area contributed by atoms with Crippen molar-refractivity contribution < 1.29 is 19.4 Å². The molecule has 2 rings (SSSR count). The third kappa shape index (κ3) is 2.62. The van der Waals surface area contributed by atoms with E-state index in [0.29, 0.717) is 5.56 Å². The van der Waals surface area contributed by atoms with Crippen LogP contribution in [0.15, 0.2) is 30.2 Å². The number of rotatable bonds is 3. The van der Waals surface area contributed by atoms with Crippen LogP contribution in [0.2, 0.25) is 0 Å². The van der Waals surface area contributed by atoms with E-state index >= 15 is 0 Å². The van der Waals surface area contributed by atoms with Crippen LogP contribution in [0.25, 0.3) is 0 Å². The molecular formula is C10H6Br2O4S. The van der Waals surface area contributed by atoms with Crippen LogP contribution in [0.4, 0.5) is 0 Å². The van der Waals surface area contributed by atoms with Crippen LogP contribution >= 0.6 is 43.2 Å². The average Bonchev–Trinajstić information content (AvgIpc) is 2.84. The summed E-state index contributed by atoms with van der Waals surface area (Å²) in [4.78, 5) is 10.7. The monoisotopic (exact) mass is 380 g/mol. The summed E-state index contributed by atoms with van der Waals surface area (Å²) in [6.45, 7) is 0. The Balaban J connectivity index is 2.33. The molecule has 0 saturated carbocycles. The fraction of sp³-hybridized carbons (Fsp3) is 0.100. The van der Waals surface area contributed by atoms with Crippen LogP contribution in [0.3, 0.4) is 0 Å². The Labute approximate surface area is 117 Å². The molecule has 0 aliphatic carbocycles. The second-order valence-corrected chi connectivity index (χ2v) is 6.94. The number of aromatic carboxylic acids is 1. The Morgan fingerprint density at radius 3 is 2.59 bits per heavy atom. The van der Waals surface area contributed by atoms with Crippen molar-refractivity contribution in [3.05, 3.63) is 42.9 Å². The summed E-state index contributed by atoms with van der Waals surface area (Å²) < 4.78 is 6.68. The lowest BCUT2D eigenvalue weighted by Gasteiger charge is -2.05. The van der Waals surface area contributed by atoms with Gasteiger partial charge in [0.2, 0.25) is 5.76 Å². The summed E-state index contributed by atoms with van der Waals surface area (Å²) >= 11 is 8.05. The number of aliphatic hydroxyl groups is 1. The number of aliphatic hydroxyl groups excluding tert-OH is 1. The van der Waals surface area contributed by atoms with E-state index in [1.54, 1.807) is 6.07 Å². The Morgan fingerprint density at radius 1 is 1.41 bits per heavy atom. The number of furan rings is 1. The zero-order valence-corrected chi connectivity index (χ0v) is 12.2. The van der Waals surface area contributed by atoms with E-state index in [1.165, 1.54) is 23.5 Å². The van der Waals surface area contributed by atoms with Crippen molar-refractivity contribution in [1.82, 2.24) is 0 Å². The minimum atomic E-state index is -1.16. The quantitative estimate of drug-likeness (QED) is 0.851. The molecule has 4 nitrogen and oxygen atoms in total. The van der Waals surface area contributed by atoms with E-state index in [1.807, 2.05) is 0 Å². The molecule has 0 aliphatic heterocycles. The summed E-state index contributed by atoms with van der Waals surface area (Å²) in [5.74, 6) is -1.15. The zero-order chi connectivity index (χ0) is 12.6. The van der Waals surface area contributed by atoms with Gasteiger partial charge in [-0.05, 0) is 50.1 Å². The maximum absolute atomic E-state index is 10.7. The maximum Gasteiger partial charge on any atom is 0.371 e. The molecule has 0 radical (unpaired) electrons. The first-order valence-corrected chi connectivity index (χ1v) is 6.85. The van der Waals surface area contributed by atoms with Gasteiger partial charge in [-0.3, -0.25) is 0 Å². The van der Waals surface area contributed by atoms with Crippen molar-refractivity contribution in [2.45, 2.75) is 6.10 Å². The molecule has 0 aromatic carbocycles. The van der Waals surface area contributed by atoms with Crippen molar-refractivity contribution in [3.63, 3.8) is 0 Å². The standard InChI is InChI=1S/C10H6Br2O4S/c11-7-3-4(9(12)17-7)8(13)5-1-2-6(16-5)10(14)15/h1-3,8,13H,(H,14,15). The first-order valence-electron chi connectivity index (χ1n) is 4.45. The number of thiophene rings is 1. The lowest BCUT2D eigenvalue weighted by Crippen LogP contribution is -1.97. The van der Waals surface area contributed by atoms with E-state index in [-0.39, 0.29) is 11.5 Å². The maximum atomic E-state index is 10.7. The third-order valence-electron chi connectivity index (χ3n) is 2.08. The highest BCUT2D eigenvalue weighted by Gasteiger charge is 2.21. The molecule has 0 bridgehead atoms. The first kappa shape index (κ1) is 12.8. The topological polar surface area (TPSA) is 70.7 Å². The van der Waals surface area contributed by atoms with Crippen molar-refractivity contribution in [2.24, 2.45) is 0 Å². The molecule has 2 N–H and O–H groups in total. The Kier molecular flexibility index (Phi) is 3.72. The van der Waals surface area contributed by atoms with Crippen LogP contribution < -0.4 is 0 Å². The molecule has 0 aliphatic rings. The van der Waals surface area contributed by atoms with Crippen molar-refractivity contribution in [1.29, 1.82) is 0 Å². The van der Waals surface area contributed by atoms with Gasteiger partial charge in [0.15, 0.2) is 0 Å². The predicted octanol–water partition coefficient (Wildman–Crippen LogP) is 3.65. The van der Waals surface area contributed by atoms with Crippen LogP contribution in [-0.2, 0) is 0 Å². The van der Waals surface area contributed by atoms with E-state index in [2.05, 4.69) is 31.9 Å². The van der Waals surface area contributed by atoms with Crippen molar-refractivity contribution in [3.8, 4) is 0 Å². The highest BCUT2D eigenvalue weighted by atomic mass is 79.9. The minimum absolute atomic E-state index is 0.190. The second kappa shape index (κ2) is 4.93. The van der Waals surface area contributed by atoms with Crippen LogP contribution in [0.1, 0.15) is 28.0 Å². The molecule has 1 unspecified atom stereocenters. The van der Waals surface area contributed by atoms with Gasteiger partial charge in [-0.15, -0.1) is 11.3 Å². The molecule has 7 heteroatoms. The molecule has 1 atom stereocenters. The lowest BCUT2D eigenvalue weighted by molar-refractivity contribution is 0.0655. The molecule has 17 heavy (non-hydrogen) atoms. The molecule has 0 fully saturated rings. The number of halogens is 2. The molecule has 2 aromatic rings. The van der Waals surface area contributed by atoms with Gasteiger partial charge in [0.05, 0.1) is 7.57 Å². The summed E-state index contributed by atoms with van der Waals surface area (Å²) in [7, 11) is 0. The summed E-state index contributed by atoms with van der Waals surface area (Å²) in [5, 5.41) is 18.8. The number of carboxylic acid groups (broad SMARTS) is 1. The van der Waals surface area contributed by atoms with E-state index in [9.17, 15) is 9.90 Å².